The van der Waals surface area contributed by atoms with E-state index in [0.29, 0.717) is 0 Å². The molecule has 0 saturated heterocycles. The van der Waals surface area contributed by atoms with Gasteiger partial charge in [0.25, 0.3) is 0 Å². The maximum atomic E-state index is 10.5. The fraction of sp³-hybridized carbons (Fsp3) is 0.133. The Morgan fingerprint density at radius 1 is 1.43 bits per heavy atom. The van der Waals surface area contributed by atoms with E-state index in [1.54, 1.807) is 17.4 Å². The third-order valence-corrected chi connectivity index (χ3v) is 4.67. The van der Waals surface area contributed by atoms with Crippen LogP contribution in [0.2, 0.25) is 4.34 Å². The van der Waals surface area contributed by atoms with Crippen molar-refractivity contribution in [3.8, 4) is 0 Å². The predicted octanol–water partition coefficient (Wildman–Crippen LogP) is 4.90. The molecule has 0 fully saturated rings. The highest BCUT2D eigenvalue weighted by molar-refractivity contribution is 9.10. The minimum absolute atomic E-state index is 0.764. The maximum Gasteiger partial charge on any atom is 0.328 e. The van der Waals surface area contributed by atoms with Crippen LogP contribution in [0.5, 0.6) is 0 Å². The van der Waals surface area contributed by atoms with Crippen molar-refractivity contribution < 1.29 is 9.90 Å². The second kappa shape index (κ2) is 7.11. The van der Waals surface area contributed by atoms with Crippen LogP contribution >= 0.6 is 38.9 Å². The molecule has 0 radical (unpaired) electrons. The summed E-state index contributed by atoms with van der Waals surface area (Å²) in [7, 11) is 2.00. The summed E-state index contributed by atoms with van der Waals surface area (Å²) < 4.78 is 1.70. The topological polar surface area (TPSA) is 40.5 Å². The van der Waals surface area contributed by atoms with Crippen molar-refractivity contribution in [3.63, 3.8) is 0 Å². The van der Waals surface area contributed by atoms with Crippen LogP contribution in [0.15, 0.2) is 40.9 Å². The zero-order valence-electron chi connectivity index (χ0n) is 11.2. The number of thiophene rings is 1. The number of hydrogen-bond acceptors (Lipinski definition) is 3. The number of aliphatic carboxylic acids is 1. The molecule has 110 valence electrons. The van der Waals surface area contributed by atoms with Gasteiger partial charge in [-0.1, -0.05) is 17.7 Å². The van der Waals surface area contributed by atoms with Crippen LogP contribution in [0.3, 0.4) is 0 Å². The Labute approximate surface area is 140 Å². The number of anilines is 1. The fourth-order valence-electron chi connectivity index (χ4n) is 1.86. The van der Waals surface area contributed by atoms with E-state index >= 15 is 0 Å². The minimum atomic E-state index is -0.957. The zero-order valence-corrected chi connectivity index (χ0v) is 14.4. The second-order valence-electron chi connectivity index (χ2n) is 4.44. The Balaban J connectivity index is 2.14. The molecule has 0 amide bonds. The molecular weight excluding hydrogens is 374 g/mol. The van der Waals surface area contributed by atoms with Crippen LogP contribution in [0.1, 0.15) is 10.4 Å². The van der Waals surface area contributed by atoms with Crippen molar-refractivity contribution in [3.05, 3.63) is 55.7 Å². The van der Waals surface area contributed by atoms with E-state index in [2.05, 4.69) is 20.8 Å². The standard InChI is InChI=1S/C15H13BrClNO2S/c1-18(9-11-4-6-14(17)21-11)13-5-2-10(8-12(13)16)3-7-15(19)20/h2-8H,9H2,1H3,(H,19,20)/b7-3+. The number of halogens is 2. The Hall–Kier alpha value is -1.30. The molecule has 1 aromatic carbocycles. The number of nitrogens with zero attached hydrogens (tertiary/aromatic N) is 1. The number of carbonyl (C=O) groups is 1. The summed E-state index contributed by atoms with van der Waals surface area (Å²) in [5, 5.41) is 8.64. The van der Waals surface area contributed by atoms with Gasteiger partial charge in [-0.25, -0.2) is 4.79 Å². The van der Waals surface area contributed by atoms with Gasteiger partial charge < -0.3 is 10.0 Å². The van der Waals surface area contributed by atoms with Gasteiger partial charge in [0.05, 0.1) is 16.6 Å². The number of carboxylic acids is 1. The molecule has 6 heteroatoms. The Morgan fingerprint density at radius 3 is 2.76 bits per heavy atom. The molecule has 2 aromatic rings. The highest BCUT2D eigenvalue weighted by Gasteiger charge is 2.08. The lowest BCUT2D eigenvalue weighted by molar-refractivity contribution is -0.131. The van der Waals surface area contributed by atoms with E-state index in [1.165, 1.54) is 4.88 Å². The third kappa shape index (κ3) is 4.59. The van der Waals surface area contributed by atoms with E-state index < -0.39 is 5.97 Å². The molecule has 21 heavy (non-hydrogen) atoms. The summed E-state index contributed by atoms with van der Waals surface area (Å²) >= 11 is 11.0. The Morgan fingerprint density at radius 2 is 2.19 bits per heavy atom. The van der Waals surface area contributed by atoms with Crippen molar-refractivity contribution >= 4 is 56.6 Å². The molecule has 1 N–H and O–H groups in total. The van der Waals surface area contributed by atoms with Gasteiger partial charge in [-0.05, 0) is 51.8 Å². The van der Waals surface area contributed by atoms with Gasteiger partial charge in [-0.3, -0.25) is 0 Å². The van der Waals surface area contributed by atoms with Gasteiger partial charge in [-0.15, -0.1) is 11.3 Å². The lowest BCUT2D eigenvalue weighted by Crippen LogP contribution is -2.16. The summed E-state index contributed by atoms with van der Waals surface area (Å²) in [6.45, 7) is 0.764. The quantitative estimate of drug-likeness (QED) is 0.743. The number of carboxylic acid groups (broad SMARTS) is 1. The Bertz CT molecular complexity index is 684. The molecule has 0 aliphatic carbocycles. The molecule has 0 saturated carbocycles. The molecule has 0 aliphatic heterocycles. The normalized spacial score (nSPS) is 11.0. The molecule has 0 bridgehead atoms. The SMILES string of the molecule is CN(Cc1ccc(Cl)s1)c1ccc(/C=C/C(=O)O)cc1Br. The summed E-state index contributed by atoms with van der Waals surface area (Å²) in [6.07, 6.45) is 2.69. The van der Waals surface area contributed by atoms with Crippen molar-refractivity contribution in [2.24, 2.45) is 0 Å². The van der Waals surface area contributed by atoms with Crippen LogP contribution in [-0.2, 0) is 11.3 Å². The van der Waals surface area contributed by atoms with E-state index in [1.807, 2.05) is 37.4 Å². The van der Waals surface area contributed by atoms with Crippen molar-refractivity contribution in [1.29, 1.82) is 0 Å². The summed E-state index contributed by atoms with van der Waals surface area (Å²) in [6, 6.07) is 9.65. The lowest BCUT2D eigenvalue weighted by atomic mass is 10.2. The van der Waals surface area contributed by atoms with Crippen molar-refractivity contribution in [2.45, 2.75) is 6.54 Å². The Kier molecular flexibility index (Phi) is 5.45. The first kappa shape index (κ1) is 16.1. The van der Waals surface area contributed by atoms with Gasteiger partial charge in [-0.2, -0.15) is 0 Å². The van der Waals surface area contributed by atoms with Gasteiger partial charge in [0.1, 0.15) is 0 Å². The van der Waals surface area contributed by atoms with Crippen LogP contribution < -0.4 is 4.90 Å². The number of benzene rings is 1. The fourth-order valence-corrected chi connectivity index (χ4v) is 3.70. The first-order chi connectivity index (χ1) is 9.95. The van der Waals surface area contributed by atoms with E-state index in [0.717, 1.165) is 32.7 Å². The highest BCUT2D eigenvalue weighted by atomic mass is 79.9. The van der Waals surface area contributed by atoms with E-state index in [-0.39, 0.29) is 0 Å². The minimum Gasteiger partial charge on any atom is -0.478 e. The second-order valence-corrected chi connectivity index (χ2v) is 7.10. The van der Waals surface area contributed by atoms with E-state index in [4.69, 9.17) is 16.7 Å². The van der Waals surface area contributed by atoms with Crippen LogP contribution in [0, 0.1) is 0 Å². The predicted molar refractivity (Wildman–Crippen MR) is 92.2 cm³/mol. The van der Waals surface area contributed by atoms with Crippen molar-refractivity contribution in [2.75, 3.05) is 11.9 Å². The molecular formula is C15H13BrClNO2S. The molecule has 0 atom stereocenters. The maximum absolute atomic E-state index is 10.5. The first-order valence-corrected chi connectivity index (χ1v) is 8.10. The monoisotopic (exact) mass is 385 g/mol. The van der Waals surface area contributed by atoms with Gasteiger partial charge in [0.15, 0.2) is 0 Å². The van der Waals surface area contributed by atoms with E-state index in [9.17, 15) is 4.79 Å². The molecule has 1 aromatic heterocycles. The van der Waals surface area contributed by atoms with Gasteiger partial charge >= 0.3 is 5.97 Å². The lowest BCUT2D eigenvalue weighted by Gasteiger charge is -2.20. The first-order valence-electron chi connectivity index (χ1n) is 6.11. The third-order valence-electron chi connectivity index (χ3n) is 2.82. The van der Waals surface area contributed by atoms with Crippen LogP contribution in [0.4, 0.5) is 5.69 Å². The highest BCUT2D eigenvalue weighted by Crippen LogP contribution is 2.30. The van der Waals surface area contributed by atoms with Crippen LogP contribution in [0.25, 0.3) is 6.08 Å². The summed E-state index contributed by atoms with van der Waals surface area (Å²) in [5.74, 6) is -0.957. The average Bonchev–Trinajstić information content (AvgIpc) is 2.81. The summed E-state index contributed by atoms with van der Waals surface area (Å²) in [5.41, 5.74) is 1.87. The zero-order chi connectivity index (χ0) is 15.4. The molecule has 0 unspecified atom stereocenters. The number of rotatable bonds is 5. The van der Waals surface area contributed by atoms with Crippen LogP contribution in [-0.4, -0.2) is 18.1 Å². The average molecular weight is 387 g/mol. The van der Waals surface area contributed by atoms with Crippen molar-refractivity contribution in [1.82, 2.24) is 0 Å². The largest absolute Gasteiger partial charge is 0.478 e. The summed E-state index contributed by atoms with van der Waals surface area (Å²) in [4.78, 5) is 13.8. The van der Waals surface area contributed by atoms with Gasteiger partial charge in [0.2, 0.25) is 0 Å². The number of hydrogen-bond donors (Lipinski definition) is 1. The molecule has 0 spiro atoms. The molecule has 3 nitrogen and oxygen atoms in total. The van der Waals surface area contributed by atoms with Gasteiger partial charge in [0, 0.05) is 22.5 Å². The molecule has 1 heterocycles. The smallest absolute Gasteiger partial charge is 0.328 e. The molecule has 2 rings (SSSR count). The molecule has 0 aliphatic rings.